The molecule has 0 radical (unpaired) electrons. The van der Waals surface area contributed by atoms with Gasteiger partial charge in [0.2, 0.25) is 0 Å². The summed E-state index contributed by atoms with van der Waals surface area (Å²) >= 11 is 6.88. The molecule has 0 saturated heterocycles. The summed E-state index contributed by atoms with van der Waals surface area (Å²) in [6.45, 7) is 5.31. The predicted molar refractivity (Wildman–Crippen MR) is 154 cm³/mol. The number of methoxy groups -OCH3 is 2. The van der Waals surface area contributed by atoms with Gasteiger partial charge in [0.25, 0.3) is 0 Å². The van der Waals surface area contributed by atoms with Crippen molar-refractivity contribution in [1.82, 2.24) is 0 Å². The number of Topliss-reactive ketones (excluding diaryl/α,β-unsaturated/α-hetero) is 1. The molecule has 0 fully saturated rings. The first-order chi connectivity index (χ1) is 17.4. The molecule has 36 heavy (non-hydrogen) atoms. The lowest BCUT2D eigenvalue weighted by Crippen LogP contribution is -2.23. The van der Waals surface area contributed by atoms with Crippen LogP contribution in [-0.4, -0.2) is 43.9 Å². The topological polar surface area (TPSA) is 54.0 Å². The van der Waals surface area contributed by atoms with Crippen LogP contribution in [0.1, 0.15) is 50.7 Å². The Morgan fingerprint density at radius 3 is 1.47 bits per heavy atom. The molecule has 0 amide bonds. The molecule has 2 rings (SSSR count). The van der Waals surface area contributed by atoms with E-state index in [4.69, 9.17) is 18.9 Å². The fourth-order valence-electron chi connectivity index (χ4n) is 4.07. The fraction of sp³-hybridized carbons (Fsp3) is 0.552. The van der Waals surface area contributed by atoms with Gasteiger partial charge >= 0.3 is 0 Å². The van der Waals surface area contributed by atoms with Gasteiger partial charge in [0.1, 0.15) is 5.78 Å². The van der Waals surface area contributed by atoms with Gasteiger partial charge in [0.15, 0.2) is 23.0 Å². The molecule has 2 aromatic carbocycles. The highest BCUT2D eigenvalue weighted by atomic mass is 79.9. The van der Waals surface area contributed by atoms with Gasteiger partial charge in [-0.15, -0.1) is 0 Å². The van der Waals surface area contributed by atoms with E-state index in [1.54, 1.807) is 14.2 Å². The lowest BCUT2D eigenvalue weighted by molar-refractivity contribution is -0.125. The smallest absolute Gasteiger partial charge is 0.161 e. The number of ketones is 1. The summed E-state index contributed by atoms with van der Waals surface area (Å²) in [6, 6.07) is 11.9. The first-order valence-corrected chi connectivity index (χ1v) is 14.9. The summed E-state index contributed by atoms with van der Waals surface area (Å²) in [6.07, 6.45) is 5.43. The molecule has 2 atom stereocenters. The van der Waals surface area contributed by atoms with Gasteiger partial charge in [-0.05, 0) is 73.9 Å². The number of ether oxygens (including phenoxy) is 4. The van der Waals surface area contributed by atoms with Crippen molar-refractivity contribution in [1.29, 1.82) is 0 Å². The first-order valence-electron chi connectivity index (χ1n) is 12.7. The third-order valence-electron chi connectivity index (χ3n) is 6.08. The number of carbonyl (C=O) groups is 1. The molecule has 0 aliphatic rings. The molecule has 0 aliphatic carbocycles. The van der Waals surface area contributed by atoms with Crippen molar-refractivity contribution in [2.45, 2.75) is 52.4 Å². The van der Waals surface area contributed by atoms with E-state index in [1.165, 1.54) is 0 Å². The Bertz CT molecular complexity index is 860. The van der Waals surface area contributed by atoms with Crippen LogP contribution in [0, 0.1) is 11.8 Å². The van der Waals surface area contributed by atoms with Crippen molar-refractivity contribution >= 4 is 37.6 Å². The molecule has 0 aliphatic heterocycles. The number of unbranched alkanes of at least 4 members (excludes halogenated alkanes) is 2. The van der Waals surface area contributed by atoms with Crippen LogP contribution in [0.4, 0.5) is 0 Å². The highest BCUT2D eigenvalue weighted by Gasteiger charge is 2.22. The molecule has 0 saturated carbocycles. The van der Waals surface area contributed by atoms with Gasteiger partial charge in [-0.1, -0.05) is 57.8 Å². The summed E-state index contributed by atoms with van der Waals surface area (Å²) in [5.74, 6) is 2.95. The molecule has 200 valence electrons. The highest BCUT2D eigenvalue weighted by Crippen LogP contribution is 2.31. The number of hydrogen-bond acceptors (Lipinski definition) is 5. The third kappa shape index (κ3) is 9.97. The number of halogens is 2. The Morgan fingerprint density at radius 1 is 0.694 bits per heavy atom. The van der Waals surface area contributed by atoms with E-state index in [0.29, 0.717) is 37.6 Å². The second kappa shape index (κ2) is 16.9. The largest absolute Gasteiger partial charge is 0.493 e. The van der Waals surface area contributed by atoms with Crippen molar-refractivity contribution in [2.75, 3.05) is 38.1 Å². The van der Waals surface area contributed by atoms with Crippen LogP contribution in [0.15, 0.2) is 36.4 Å². The highest BCUT2D eigenvalue weighted by molar-refractivity contribution is 9.09. The van der Waals surface area contributed by atoms with Crippen molar-refractivity contribution in [2.24, 2.45) is 11.8 Å². The van der Waals surface area contributed by atoms with E-state index >= 15 is 0 Å². The van der Waals surface area contributed by atoms with E-state index in [-0.39, 0.29) is 17.6 Å². The Labute approximate surface area is 233 Å². The second-order valence-electron chi connectivity index (χ2n) is 9.07. The lowest BCUT2D eigenvalue weighted by Gasteiger charge is -2.18. The molecule has 2 unspecified atom stereocenters. The van der Waals surface area contributed by atoms with Gasteiger partial charge in [0.05, 0.1) is 27.4 Å². The molecule has 2 aromatic rings. The van der Waals surface area contributed by atoms with Crippen LogP contribution in [-0.2, 0) is 17.6 Å². The van der Waals surface area contributed by atoms with Gasteiger partial charge in [-0.25, -0.2) is 0 Å². The summed E-state index contributed by atoms with van der Waals surface area (Å²) < 4.78 is 22.8. The Balaban J connectivity index is 1.95. The minimum atomic E-state index is -0.102. The molecule has 0 bridgehead atoms. The van der Waals surface area contributed by atoms with Crippen molar-refractivity contribution in [3.05, 3.63) is 47.5 Å². The van der Waals surface area contributed by atoms with Crippen LogP contribution in [0.5, 0.6) is 23.0 Å². The number of rotatable bonds is 18. The number of benzene rings is 2. The van der Waals surface area contributed by atoms with Crippen LogP contribution < -0.4 is 18.9 Å². The maximum atomic E-state index is 13.2. The van der Waals surface area contributed by atoms with Crippen LogP contribution in [0.2, 0.25) is 0 Å². The van der Waals surface area contributed by atoms with E-state index in [9.17, 15) is 4.79 Å². The Morgan fingerprint density at radius 2 is 1.11 bits per heavy atom. The van der Waals surface area contributed by atoms with Crippen LogP contribution >= 0.6 is 31.9 Å². The van der Waals surface area contributed by atoms with E-state index in [1.807, 2.05) is 50.2 Å². The Hall–Kier alpha value is -1.73. The zero-order chi connectivity index (χ0) is 26.3. The molecule has 0 heterocycles. The normalized spacial score (nSPS) is 12.6. The van der Waals surface area contributed by atoms with Crippen LogP contribution in [0.25, 0.3) is 0 Å². The molecular weight excluding hydrogens is 588 g/mol. The number of hydrogen-bond donors (Lipinski definition) is 0. The lowest BCUT2D eigenvalue weighted by atomic mass is 9.87. The van der Waals surface area contributed by atoms with Crippen molar-refractivity contribution < 1.29 is 23.7 Å². The fourth-order valence-corrected chi connectivity index (χ4v) is 4.86. The predicted octanol–water partition coefficient (Wildman–Crippen LogP) is 7.44. The first kappa shape index (κ1) is 30.5. The number of alkyl halides is 2. The average Bonchev–Trinajstić information content (AvgIpc) is 2.89. The molecule has 5 nitrogen and oxygen atoms in total. The average molecular weight is 628 g/mol. The van der Waals surface area contributed by atoms with E-state index in [0.717, 1.165) is 59.0 Å². The van der Waals surface area contributed by atoms with Gasteiger partial charge in [-0.3, -0.25) is 4.79 Å². The minimum absolute atomic E-state index is 0.102. The zero-order valence-electron chi connectivity index (χ0n) is 22.0. The van der Waals surface area contributed by atoms with Gasteiger partial charge in [-0.2, -0.15) is 0 Å². The van der Waals surface area contributed by atoms with Crippen LogP contribution in [0.3, 0.4) is 0 Å². The maximum Gasteiger partial charge on any atom is 0.161 e. The quantitative estimate of drug-likeness (QED) is 0.127. The van der Waals surface area contributed by atoms with Crippen molar-refractivity contribution in [3.63, 3.8) is 0 Å². The zero-order valence-corrected chi connectivity index (χ0v) is 25.2. The van der Waals surface area contributed by atoms with Gasteiger partial charge in [0, 0.05) is 22.5 Å². The maximum absolute atomic E-state index is 13.2. The molecule has 0 spiro atoms. The van der Waals surface area contributed by atoms with E-state index < -0.39 is 0 Å². The van der Waals surface area contributed by atoms with Crippen molar-refractivity contribution in [3.8, 4) is 23.0 Å². The monoisotopic (exact) mass is 626 g/mol. The minimum Gasteiger partial charge on any atom is -0.493 e. The number of carbonyl (C=O) groups excluding carboxylic acids is 1. The standard InChI is InChI=1S/C29H40Br2O5/c1-21(17-23-9-11-25(27(19-23)33-3)35-15-7-5-13-30)29(32)22(2)18-24-10-12-26(28(20-24)34-4)36-16-8-6-14-31/h9-12,19-22H,5-8,13-18H2,1-4H3. The summed E-state index contributed by atoms with van der Waals surface area (Å²) in [4.78, 5) is 13.2. The summed E-state index contributed by atoms with van der Waals surface area (Å²) in [5.41, 5.74) is 2.13. The third-order valence-corrected chi connectivity index (χ3v) is 7.20. The SMILES string of the molecule is COc1cc(CC(C)C(=O)C(C)Cc2ccc(OCCCCBr)c(OC)c2)ccc1OCCCCBr. The van der Waals surface area contributed by atoms with Gasteiger partial charge < -0.3 is 18.9 Å². The Kier molecular flexibility index (Phi) is 14.3. The molecule has 0 N–H and O–H groups in total. The molecule has 0 aromatic heterocycles. The second-order valence-corrected chi connectivity index (χ2v) is 10.7. The molecular formula is C29H40Br2O5. The molecule has 7 heteroatoms. The summed E-state index contributed by atoms with van der Waals surface area (Å²) in [7, 11) is 3.30. The summed E-state index contributed by atoms with van der Waals surface area (Å²) in [5, 5.41) is 1.95. The van der Waals surface area contributed by atoms with E-state index in [2.05, 4.69) is 31.9 Å².